The van der Waals surface area contributed by atoms with Crippen molar-refractivity contribution < 1.29 is 18.1 Å². The number of sulfonamides is 1. The molecule has 0 radical (unpaired) electrons. The molecule has 0 fully saturated rings. The van der Waals surface area contributed by atoms with E-state index in [2.05, 4.69) is 4.72 Å². The van der Waals surface area contributed by atoms with Crippen molar-refractivity contribution in [1.29, 1.82) is 0 Å². The Labute approximate surface area is 134 Å². The summed E-state index contributed by atoms with van der Waals surface area (Å²) in [4.78, 5) is 9.81. The second-order valence-corrected chi connectivity index (χ2v) is 6.40. The molecular formula is C15H16N2O5S. The van der Waals surface area contributed by atoms with Crippen LogP contribution in [-0.4, -0.2) is 26.5 Å². The van der Waals surface area contributed by atoms with Gasteiger partial charge in [0, 0.05) is 12.6 Å². The van der Waals surface area contributed by atoms with Crippen molar-refractivity contribution in [3.8, 4) is 0 Å². The van der Waals surface area contributed by atoms with Gasteiger partial charge in [0.1, 0.15) is 0 Å². The molecule has 0 atom stereocenters. The first-order valence-electron chi connectivity index (χ1n) is 6.85. The first kappa shape index (κ1) is 17.1. The topological polar surface area (TPSA) is 98.5 Å². The number of nitrogens with one attached hydrogen (secondary N) is 1. The van der Waals surface area contributed by atoms with Crippen molar-refractivity contribution in [2.24, 2.45) is 0 Å². The maximum atomic E-state index is 12.1. The van der Waals surface area contributed by atoms with Crippen LogP contribution >= 0.6 is 0 Å². The Morgan fingerprint density at radius 1 is 1.04 bits per heavy atom. The highest BCUT2D eigenvalue weighted by molar-refractivity contribution is 7.89. The predicted octanol–water partition coefficient (Wildman–Crippen LogP) is 2.09. The van der Waals surface area contributed by atoms with Gasteiger partial charge in [0.2, 0.25) is 10.0 Å². The van der Waals surface area contributed by atoms with Crippen LogP contribution in [0.1, 0.15) is 5.56 Å². The molecule has 0 amide bonds. The third-order valence-corrected chi connectivity index (χ3v) is 4.51. The minimum atomic E-state index is -3.95. The maximum absolute atomic E-state index is 12.1. The van der Waals surface area contributed by atoms with E-state index in [1.54, 1.807) is 0 Å². The molecule has 0 bridgehead atoms. The van der Waals surface area contributed by atoms with Gasteiger partial charge >= 0.3 is 0 Å². The van der Waals surface area contributed by atoms with Crippen LogP contribution in [0.4, 0.5) is 5.69 Å². The molecule has 2 aromatic carbocycles. The number of nitrogens with zero attached hydrogens (tertiary/aromatic N) is 1. The lowest BCUT2D eigenvalue weighted by molar-refractivity contribution is -0.387. The highest BCUT2D eigenvalue weighted by Gasteiger charge is 2.24. The van der Waals surface area contributed by atoms with Gasteiger partial charge in [-0.05, 0) is 11.6 Å². The number of para-hydroxylation sites is 1. The number of rotatable bonds is 8. The fourth-order valence-electron chi connectivity index (χ4n) is 1.93. The van der Waals surface area contributed by atoms with E-state index in [-0.39, 0.29) is 18.0 Å². The highest BCUT2D eigenvalue weighted by atomic mass is 32.2. The van der Waals surface area contributed by atoms with Crippen LogP contribution in [0.3, 0.4) is 0 Å². The quantitative estimate of drug-likeness (QED) is 0.452. The zero-order chi connectivity index (χ0) is 16.7. The monoisotopic (exact) mass is 336 g/mol. The van der Waals surface area contributed by atoms with Crippen molar-refractivity contribution >= 4 is 15.7 Å². The van der Waals surface area contributed by atoms with E-state index in [0.717, 1.165) is 11.6 Å². The van der Waals surface area contributed by atoms with Gasteiger partial charge in [-0.3, -0.25) is 10.1 Å². The zero-order valence-electron chi connectivity index (χ0n) is 12.2. The minimum Gasteiger partial charge on any atom is -0.375 e. The van der Waals surface area contributed by atoms with Crippen molar-refractivity contribution in [3.63, 3.8) is 0 Å². The average Bonchev–Trinajstić information content (AvgIpc) is 2.55. The Balaban J connectivity index is 1.89. The number of hydrogen-bond donors (Lipinski definition) is 1. The summed E-state index contributed by atoms with van der Waals surface area (Å²) in [6.45, 7) is 0.560. The molecule has 2 aromatic rings. The van der Waals surface area contributed by atoms with Crippen molar-refractivity contribution in [2.75, 3.05) is 13.2 Å². The van der Waals surface area contributed by atoms with E-state index in [4.69, 9.17) is 4.74 Å². The number of nitro groups is 1. The van der Waals surface area contributed by atoms with Crippen LogP contribution in [0.5, 0.6) is 0 Å². The molecule has 1 N–H and O–H groups in total. The fraction of sp³-hybridized carbons (Fsp3) is 0.200. The van der Waals surface area contributed by atoms with Gasteiger partial charge in [0.25, 0.3) is 5.69 Å². The Hall–Kier alpha value is -2.29. The molecule has 0 unspecified atom stereocenters. The van der Waals surface area contributed by atoms with Crippen molar-refractivity contribution in [2.45, 2.75) is 11.5 Å². The fourth-order valence-corrected chi connectivity index (χ4v) is 3.11. The second kappa shape index (κ2) is 7.82. The van der Waals surface area contributed by atoms with Crippen molar-refractivity contribution in [1.82, 2.24) is 4.72 Å². The van der Waals surface area contributed by atoms with Gasteiger partial charge in [0.05, 0.1) is 18.1 Å². The lowest BCUT2D eigenvalue weighted by Crippen LogP contribution is -2.28. The van der Waals surface area contributed by atoms with E-state index in [1.165, 1.54) is 18.2 Å². The molecule has 8 heteroatoms. The molecule has 0 spiro atoms. The van der Waals surface area contributed by atoms with Gasteiger partial charge in [-0.2, -0.15) is 0 Å². The molecule has 0 heterocycles. The molecule has 2 rings (SSSR count). The summed E-state index contributed by atoms with van der Waals surface area (Å²) < 4.78 is 31.9. The number of ether oxygens (including phenoxy) is 1. The second-order valence-electron chi connectivity index (χ2n) is 4.66. The van der Waals surface area contributed by atoms with Crippen LogP contribution in [0.15, 0.2) is 59.5 Å². The minimum absolute atomic E-state index is 0.0290. The lowest BCUT2D eigenvalue weighted by Gasteiger charge is -2.08. The van der Waals surface area contributed by atoms with Crippen LogP contribution < -0.4 is 4.72 Å². The average molecular weight is 336 g/mol. The Morgan fingerprint density at radius 2 is 1.70 bits per heavy atom. The van der Waals surface area contributed by atoms with E-state index < -0.39 is 20.6 Å². The maximum Gasteiger partial charge on any atom is 0.289 e. The summed E-state index contributed by atoms with van der Waals surface area (Å²) in [6, 6.07) is 14.7. The van der Waals surface area contributed by atoms with E-state index in [9.17, 15) is 18.5 Å². The molecule has 0 aliphatic rings. The summed E-state index contributed by atoms with van der Waals surface area (Å²) in [5, 5.41) is 10.9. The van der Waals surface area contributed by atoms with E-state index in [0.29, 0.717) is 6.61 Å². The Bertz CT molecular complexity index is 762. The third-order valence-electron chi connectivity index (χ3n) is 3.00. The van der Waals surface area contributed by atoms with Crippen molar-refractivity contribution in [3.05, 3.63) is 70.3 Å². The number of benzene rings is 2. The molecule has 0 saturated carbocycles. The normalized spacial score (nSPS) is 11.3. The molecule has 0 aliphatic heterocycles. The van der Waals surface area contributed by atoms with E-state index in [1.807, 2.05) is 30.3 Å². The van der Waals surface area contributed by atoms with Gasteiger partial charge in [0.15, 0.2) is 4.90 Å². The summed E-state index contributed by atoms with van der Waals surface area (Å²) in [7, 11) is -3.95. The van der Waals surface area contributed by atoms with Gasteiger partial charge in [-0.15, -0.1) is 0 Å². The third kappa shape index (κ3) is 4.85. The van der Waals surface area contributed by atoms with Crippen LogP contribution in [-0.2, 0) is 21.4 Å². The first-order chi connectivity index (χ1) is 11.0. The Morgan fingerprint density at radius 3 is 2.39 bits per heavy atom. The summed E-state index contributed by atoms with van der Waals surface area (Å²) >= 11 is 0. The van der Waals surface area contributed by atoms with Gasteiger partial charge in [-0.1, -0.05) is 42.5 Å². The molecule has 0 aromatic heterocycles. The molecular weight excluding hydrogens is 320 g/mol. The SMILES string of the molecule is O=[N+]([O-])c1ccccc1S(=O)(=O)NCCOCc1ccccc1. The summed E-state index contributed by atoms with van der Waals surface area (Å²) in [5.74, 6) is 0. The van der Waals surface area contributed by atoms with Crippen LogP contribution in [0.25, 0.3) is 0 Å². The molecule has 7 nitrogen and oxygen atoms in total. The number of hydrogen-bond acceptors (Lipinski definition) is 5. The van der Waals surface area contributed by atoms with Gasteiger partial charge < -0.3 is 4.74 Å². The summed E-state index contributed by atoms with van der Waals surface area (Å²) in [6.07, 6.45) is 0. The van der Waals surface area contributed by atoms with Crippen LogP contribution in [0, 0.1) is 10.1 Å². The van der Waals surface area contributed by atoms with Gasteiger partial charge in [-0.25, -0.2) is 13.1 Å². The molecule has 0 saturated heterocycles. The van der Waals surface area contributed by atoms with Crippen LogP contribution in [0.2, 0.25) is 0 Å². The highest BCUT2D eigenvalue weighted by Crippen LogP contribution is 2.22. The number of nitro benzene ring substituents is 1. The predicted molar refractivity (Wildman–Crippen MR) is 84.4 cm³/mol. The van der Waals surface area contributed by atoms with E-state index >= 15 is 0 Å². The standard InChI is InChI=1S/C15H16N2O5S/c18-17(19)14-8-4-5-9-15(14)23(20,21)16-10-11-22-12-13-6-2-1-3-7-13/h1-9,16H,10-12H2. The molecule has 23 heavy (non-hydrogen) atoms. The Kier molecular flexibility index (Phi) is 5.80. The lowest BCUT2D eigenvalue weighted by atomic mass is 10.2. The summed E-state index contributed by atoms with van der Waals surface area (Å²) in [5.41, 5.74) is 0.527. The zero-order valence-corrected chi connectivity index (χ0v) is 13.0. The molecule has 122 valence electrons. The smallest absolute Gasteiger partial charge is 0.289 e. The first-order valence-corrected chi connectivity index (χ1v) is 8.34. The largest absolute Gasteiger partial charge is 0.375 e. The molecule has 0 aliphatic carbocycles.